The van der Waals surface area contributed by atoms with Crippen LogP contribution in [0.5, 0.6) is 5.75 Å². The zero-order chi connectivity index (χ0) is 13.3. The molecule has 0 fully saturated rings. The number of amides is 1. The van der Waals surface area contributed by atoms with E-state index in [1.807, 2.05) is 0 Å². The van der Waals surface area contributed by atoms with Gasteiger partial charge in [-0.05, 0) is 44.0 Å². The smallest absolute Gasteiger partial charge is 0.347 e. The van der Waals surface area contributed by atoms with Crippen LogP contribution in [0, 0.1) is 0 Å². The van der Waals surface area contributed by atoms with Crippen LogP contribution in [0.2, 0.25) is 0 Å². The van der Waals surface area contributed by atoms with Gasteiger partial charge in [-0.2, -0.15) is 0 Å². The predicted octanol–water partition coefficient (Wildman–Crippen LogP) is 1.81. The summed E-state index contributed by atoms with van der Waals surface area (Å²) in [6.07, 6.45) is 1.09. The van der Waals surface area contributed by atoms with Gasteiger partial charge in [0.1, 0.15) is 5.75 Å². The highest BCUT2D eigenvalue weighted by Crippen LogP contribution is 2.28. The number of aliphatic carboxylic acids is 1. The lowest BCUT2D eigenvalue weighted by Crippen LogP contribution is -2.37. The molecule has 5 heteroatoms. The van der Waals surface area contributed by atoms with Crippen LogP contribution in [0.4, 0.5) is 5.69 Å². The van der Waals surface area contributed by atoms with Gasteiger partial charge in [0.2, 0.25) is 5.91 Å². The zero-order valence-corrected chi connectivity index (χ0v) is 10.3. The first-order chi connectivity index (χ1) is 8.38. The monoisotopic (exact) mass is 249 g/mol. The molecule has 1 amide bonds. The summed E-state index contributed by atoms with van der Waals surface area (Å²) in [4.78, 5) is 22.2. The standard InChI is InChI=1S/C13H15NO4/c1-13(2,12(16)17)18-9-4-5-10-8(7-9)3-6-11(15)14-10/h4-5,7H,3,6H2,1-2H3,(H,14,15)(H,16,17). The van der Waals surface area contributed by atoms with E-state index >= 15 is 0 Å². The largest absolute Gasteiger partial charge is 0.478 e. The van der Waals surface area contributed by atoms with E-state index in [0.717, 1.165) is 11.3 Å². The molecular formula is C13H15NO4. The highest BCUT2D eigenvalue weighted by Gasteiger charge is 2.29. The minimum absolute atomic E-state index is 0.00188. The third kappa shape index (κ3) is 2.45. The second kappa shape index (κ2) is 4.33. The third-order valence-electron chi connectivity index (χ3n) is 2.86. The van der Waals surface area contributed by atoms with Gasteiger partial charge in [-0.25, -0.2) is 4.79 Å². The molecule has 1 aliphatic heterocycles. The van der Waals surface area contributed by atoms with Gasteiger partial charge in [-0.3, -0.25) is 4.79 Å². The quantitative estimate of drug-likeness (QED) is 0.856. The number of benzene rings is 1. The summed E-state index contributed by atoms with van der Waals surface area (Å²) in [5.74, 6) is -0.521. The molecule has 5 nitrogen and oxygen atoms in total. The molecule has 2 N–H and O–H groups in total. The van der Waals surface area contributed by atoms with Gasteiger partial charge < -0.3 is 15.2 Å². The Kier molecular flexibility index (Phi) is 2.98. The van der Waals surface area contributed by atoms with E-state index in [1.165, 1.54) is 13.8 Å². The van der Waals surface area contributed by atoms with E-state index in [0.29, 0.717) is 18.6 Å². The summed E-state index contributed by atoms with van der Waals surface area (Å²) >= 11 is 0. The van der Waals surface area contributed by atoms with Crippen molar-refractivity contribution in [2.45, 2.75) is 32.3 Å². The van der Waals surface area contributed by atoms with Crippen LogP contribution >= 0.6 is 0 Å². The first kappa shape index (κ1) is 12.4. The molecule has 0 aliphatic carbocycles. The SMILES string of the molecule is CC(C)(Oc1ccc2c(c1)CCC(=O)N2)C(=O)O. The second-order valence-corrected chi connectivity index (χ2v) is 4.78. The number of carboxylic acid groups (broad SMARTS) is 1. The first-order valence-electron chi connectivity index (χ1n) is 5.74. The fraction of sp³-hybridized carbons (Fsp3) is 0.385. The fourth-order valence-electron chi connectivity index (χ4n) is 1.76. The lowest BCUT2D eigenvalue weighted by Gasteiger charge is -2.23. The van der Waals surface area contributed by atoms with Gasteiger partial charge in [0.15, 0.2) is 5.60 Å². The Balaban J connectivity index is 2.22. The third-order valence-corrected chi connectivity index (χ3v) is 2.86. The predicted molar refractivity (Wildman–Crippen MR) is 65.7 cm³/mol. The number of carbonyl (C=O) groups is 2. The highest BCUT2D eigenvalue weighted by molar-refractivity contribution is 5.94. The van der Waals surface area contributed by atoms with Crippen molar-refractivity contribution in [3.63, 3.8) is 0 Å². The van der Waals surface area contributed by atoms with E-state index in [-0.39, 0.29) is 5.91 Å². The highest BCUT2D eigenvalue weighted by atomic mass is 16.5. The van der Waals surface area contributed by atoms with Crippen LogP contribution in [-0.4, -0.2) is 22.6 Å². The molecule has 0 radical (unpaired) electrons. The molecule has 0 saturated heterocycles. The van der Waals surface area contributed by atoms with Gasteiger partial charge in [-0.1, -0.05) is 0 Å². The van der Waals surface area contributed by atoms with E-state index in [4.69, 9.17) is 9.84 Å². The lowest BCUT2D eigenvalue weighted by molar-refractivity contribution is -0.152. The maximum Gasteiger partial charge on any atom is 0.347 e. The number of nitrogens with one attached hydrogen (secondary N) is 1. The number of carboxylic acids is 1. The number of carbonyl (C=O) groups excluding carboxylic acids is 1. The Hall–Kier alpha value is -2.04. The molecule has 1 aromatic rings. The van der Waals surface area contributed by atoms with Crippen molar-refractivity contribution in [1.29, 1.82) is 0 Å². The Morgan fingerprint density at radius 1 is 1.39 bits per heavy atom. The van der Waals surface area contributed by atoms with Crippen molar-refractivity contribution in [3.8, 4) is 5.75 Å². The number of anilines is 1. The van der Waals surface area contributed by atoms with Crippen LogP contribution in [0.3, 0.4) is 0 Å². The van der Waals surface area contributed by atoms with Gasteiger partial charge in [0.05, 0.1) is 0 Å². The molecule has 0 spiro atoms. The van der Waals surface area contributed by atoms with Crippen LogP contribution < -0.4 is 10.1 Å². The molecule has 18 heavy (non-hydrogen) atoms. The van der Waals surface area contributed by atoms with Gasteiger partial charge >= 0.3 is 5.97 Å². The molecule has 1 heterocycles. The van der Waals surface area contributed by atoms with Crippen molar-refractivity contribution in [1.82, 2.24) is 0 Å². The van der Waals surface area contributed by atoms with E-state index in [9.17, 15) is 9.59 Å². The summed E-state index contributed by atoms with van der Waals surface area (Å²) in [5, 5.41) is 11.8. The van der Waals surface area contributed by atoms with Crippen molar-refractivity contribution < 1.29 is 19.4 Å². The molecule has 96 valence electrons. The summed E-state index contributed by atoms with van der Waals surface area (Å²) < 4.78 is 5.44. The van der Waals surface area contributed by atoms with Crippen molar-refractivity contribution in [3.05, 3.63) is 23.8 Å². The molecule has 0 bridgehead atoms. The van der Waals surface area contributed by atoms with Crippen LogP contribution in [0.25, 0.3) is 0 Å². The van der Waals surface area contributed by atoms with Crippen molar-refractivity contribution in [2.24, 2.45) is 0 Å². The maximum atomic E-state index is 11.2. The first-order valence-corrected chi connectivity index (χ1v) is 5.74. The number of hydrogen-bond acceptors (Lipinski definition) is 3. The summed E-state index contributed by atoms with van der Waals surface area (Å²) in [7, 11) is 0. The van der Waals surface area contributed by atoms with E-state index in [2.05, 4.69) is 5.32 Å². The number of hydrogen-bond donors (Lipinski definition) is 2. The lowest BCUT2D eigenvalue weighted by atomic mass is 10.0. The number of fused-ring (bicyclic) bond motifs is 1. The molecule has 1 aliphatic rings. The molecule has 0 saturated carbocycles. The van der Waals surface area contributed by atoms with E-state index < -0.39 is 11.6 Å². The Labute approximate surface area is 105 Å². The van der Waals surface area contributed by atoms with Crippen molar-refractivity contribution >= 4 is 17.6 Å². The average Bonchev–Trinajstić information content (AvgIpc) is 2.28. The minimum Gasteiger partial charge on any atom is -0.478 e. The summed E-state index contributed by atoms with van der Waals surface area (Å²) in [5.41, 5.74) is 0.464. The molecule has 1 aromatic carbocycles. The maximum absolute atomic E-state index is 11.2. The molecule has 0 unspecified atom stereocenters. The van der Waals surface area contributed by atoms with Crippen LogP contribution in [-0.2, 0) is 16.0 Å². The number of aryl methyl sites for hydroxylation is 1. The topological polar surface area (TPSA) is 75.6 Å². The second-order valence-electron chi connectivity index (χ2n) is 4.78. The van der Waals surface area contributed by atoms with Gasteiger partial charge in [0.25, 0.3) is 0 Å². The molecule has 2 rings (SSSR count). The van der Waals surface area contributed by atoms with Gasteiger partial charge in [0, 0.05) is 12.1 Å². The number of ether oxygens (including phenoxy) is 1. The summed E-state index contributed by atoms with van der Waals surface area (Å²) in [6.45, 7) is 2.99. The van der Waals surface area contributed by atoms with Crippen LogP contribution in [0.1, 0.15) is 25.8 Å². The Morgan fingerprint density at radius 3 is 2.78 bits per heavy atom. The molecule has 0 aromatic heterocycles. The summed E-state index contributed by atoms with van der Waals surface area (Å²) in [6, 6.07) is 5.17. The van der Waals surface area contributed by atoms with Crippen LogP contribution in [0.15, 0.2) is 18.2 Å². The minimum atomic E-state index is -1.27. The number of rotatable bonds is 3. The Morgan fingerprint density at radius 2 is 2.11 bits per heavy atom. The van der Waals surface area contributed by atoms with Gasteiger partial charge in [-0.15, -0.1) is 0 Å². The molecule has 0 atom stereocenters. The molecular weight excluding hydrogens is 234 g/mol. The van der Waals surface area contributed by atoms with Crippen molar-refractivity contribution in [2.75, 3.05) is 5.32 Å². The van der Waals surface area contributed by atoms with E-state index in [1.54, 1.807) is 18.2 Å². The zero-order valence-electron chi connectivity index (χ0n) is 10.3. The normalized spacial score (nSPS) is 14.7. The Bertz CT molecular complexity index is 508. The fourth-order valence-corrected chi connectivity index (χ4v) is 1.76. The average molecular weight is 249 g/mol.